The van der Waals surface area contributed by atoms with Crippen LogP contribution in [0.15, 0.2) is 419 Å². The molecule has 0 bridgehead atoms. The van der Waals surface area contributed by atoms with Crippen LogP contribution in [0.5, 0.6) is 0 Å². The molecule has 9 heteroatoms. The van der Waals surface area contributed by atoms with Crippen LogP contribution >= 0.6 is 0 Å². The van der Waals surface area contributed by atoms with E-state index in [2.05, 4.69) is 401 Å². The molecule has 0 spiro atoms. The van der Waals surface area contributed by atoms with Gasteiger partial charge in [0.15, 0.2) is 16.9 Å². The van der Waals surface area contributed by atoms with Gasteiger partial charge in [0.1, 0.15) is 33.5 Å². The number of rotatable bonds is 9. The van der Waals surface area contributed by atoms with Crippen molar-refractivity contribution >= 4 is 82.8 Å². The molecule has 9 nitrogen and oxygen atoms in total. The Morgan fingerprint density at radius 1 is 0.167 bits per heavy atom. The average molecular weight is 1690 g/mol. The van der Waals surface area contributed by atoms with E-state index in [4.69, 9.17) is 29.9 Å². The van der Waals surface area contributed by atoms with Gasteiger partial charge in [-0.25, -0.2) is 29.9 Å². The lowest BCUT2D eigenvalue weighted by Crippen LogP contribution is -2.14. The monoisotopic (exact) mass is 1690 g/mol. The number of nitrogens with zero attached hydrogens (tertiary/aromatic N) is 9. The molecule has 24 aromatic rings. The third-order valence-corrected chi connectivity index (χ3v) is 28.3. The number of pyridine rings is 6. The summed E-state index contributed by atoms with van der Waals surface area (Å²) in [7, 11) is 0. The van der Waals surface area contributed by atoms with Crippen molar-refractivity contribution in [2.75, 3.05) is 0 Å². The zero-order valence-electron chi connectivity index (χ0n) is 73.9. The lowest BCUT2D eigenvalue weighted by molar-refractivity contribution is 0.660. The normalized spacial score (nSPS) is 13.4. The van der Waals surface area contributed by atoms with Crippen molar-refractivity contribution < 1.29 is 0 Å². The SMILES string of the molecule is CC1(C)c2ccccc2-c2cc(-c3ccc(-c4cccc(-c5nc6c(nc7ccccn76)c6ccccc56)c4)cc3)ccc21.CC1(C)c2ccccc2-c2cc(-c3cccc(-c4ccc(-c5nc6c(nc7ccccn76)c6ccccc56)cc4)c3)ccc21.CC1(C)c2ccccc2-c2cc(-c3cccc(-c4cccc(-c5nc6c(nc7ccccn76)c6ccccc56)c4)c3)ccc21. The number of benzene rings is 15. The van der Waals surface area contributed by atoms with Gasteiger partial charge in [-0.2, -0.15) is 0 Å². The second-order valence-corrected chi connectivity index (χ2v) is 36.9. The van der Waals surface area contributed by atoms with Gasteiger partial charge in [0.2, 0.25) is 0 Å². The van der Waals surface area contributed by atoms with Crippen LogP contribution in [-0.2, 0) is 16.2 Å². The lowest BCUT2D eigenvalue weighted by Gasteiger charge is -2.21. The minimum Gasteiger partial charge on any atom is -0.284 e. The fraction of sp³-hybridized carbons (Fsp3) is 0.0732. The number of imidazole rings is 3. The molecule has 0 radical (unpaired) electrons. The summed E-state index contributed by atoms with van der Waals surface area (Å²) in [4.78, 5) is 30.3. The molecular weight excluding hydrogens is 1600 g/mol. The highest BCUT2D eigenvalue weighted by atomic mass is 15.1. The predicted octanol–water partition coefficient (Wildman–Crippen LogP) is 31.0. The quantitative estimate of drug-likeness (QED) is 0.143. The van der Waals surface area contributed by atoms with Gasteiger partial charge in [0.25, 0.3) is 0 Å². The Balaban J connectivity index is 0.000000106. The molecule has 0 atom stereocenters. The number of aromatic nitrogens is 9. The van der Waals surface area contributed by atoms with Gasteiger partial charge in [-0.1, -0.05) is 363 Å². The average Bonchev–Trinajstić information content (AvgIpc) is 1.57. The Bertz CT molecular complexity index is 8880. The Hall–Kier alpha value is -16.6. The van der Waals surface area contributed by atoms with Crippen LogP contribution in [0.25, 0.3) is 217 Å². The topological polar surface area (TPSA) is 90.6 Å². The Morgan fingerprint density at radius 2 is 0.394 bits per heavy atom. The van der Waals surface area contributed by atoms with E-state index in [0.29, 0.717) is 0 Å². The summed E-state index contributed by atoms with van der Waals surface area (Å²) in [6.07, 6.45) is 6.11. The first-order valence-corrected chi connectivity index (χ1v) is 45.5. The van der Waals surface area contributed by atoms with Gasteiger partial charge in [0.05, 0.1) is 17.1 Å². The second kappa shape index (κ2) is 30.3. The van der Waals surface area contributed by atoms with Crippen LogP contribution < -0.4 is 0 Å². The zero-order chi connectivity index (χ0) is 88.2. The molecule has 27 rings (SSSR count). The summed E-state index contributed by atoms with van der Waals surface area (Å²) in [6.45, 7) is 14.0. The minimum absolute atomic E-state index is 0.0111. The van der Waals surface area contributed by atoms with Gasteiger partial charge < -0.3 is 0 Å². The largest absolute Gasteiger partial charge is 0.284 e. The fourth-order valence-corrected chi connectivity index (χ4v) is 21.5. The first kappa shape index (κ1) is 77.7. The summed E-state index contributed by atoms with van der Waals surface area (Å²) in [5, 5.41) is 6.68. The van der Waals surface area contributed by atoms with E-state index in [1.54, 1.807) is 0 Å². The standard InChI is InChI=1S/3C41H29N3/c1-41(2)35-18-6-5-15-31(35)34-25-29(20-21-36(34)41)27-12-9-11-26(23-27)28-13-10-14-30(24-28)38-32-16-3-4-17-33(32)39-40(43-38)44-22-8-7-19-37(44)42-39;1-41(2)35-15-6-5-12-31(35)34-25-29(21-22-36(34)41)27-19-17-26(18-20-27)28-10-9-11-30(24-28)38-32-13-3-4-14-33(32)39-40(43-38)44-23-8-7-16-37(44)42-39;1-41(2)35-15-6-5-12-31(35)34-25-30(21-22-36(34)41)29-11-9-10-28(24-29)26-17-19-27(20-18-26)38-32-13-3-4-14-33(32)39-40(43-38)44-23-8-7-16-37(44)42-39/h3*3-25H,1-2H3. The third kappa shape index (κ3) is 12.6. The van der Waals surface area contributed by atoms with Crippen LogP contribution in [0.1, 0.15) is 74.9 Å². The van der Waals surface area contributed by atoms with Crippen LogP contribution in [-0.4, -0.2) is 43.1 Å². The molecule has 624 valence electrons. The summed E-state index contributed by atoms with van der Waals surface area (Å²) >= 11 is 0. The van der Waals surface area contributed by atoms with Crippen molar-refractivity contribution in [2.24, 2.45) is 0 Å². The van der Waals surface area contributed by atoms with Gasteiger partial charge in [-0.3, -0.25) is 13.2 Å². The highest BCUT2D eigenvalue weighted by Crippen LogP contribution is 2.54. The molecule has 0 saturated carbocycles. The summed E-state index contributed by atoms with van der Waals surface area (Å²) in [5.74, 6) is 0. The van der Waals surface area contributed by atoms with Crippen molar-refractivity contribution in [1.82, 2.24) is 43.1 Å². The minimum atomic E-state index is 0.0111. The van der Waals surface area contributed by atoms with Crippen molar-refractivity contribution in [3.05, 3.63) is 452 Å². The maximum atomic E-state index is 5.23. The van der Waals surface area contributed by atoms with E-state index < -0.39 is 0 Å². The molecule has 0 N–H and O–H groups in total. The van der Waals surface area contributed by atoms with E-state index in [9.17, 15) is 0 Å². The smallest absolute Gasteiger partial charge is 0.165 e. The summed E-state index contributed by atoms with van der Waals surface area (Å²) < 4.78 is 6.23. The number of hydrogen-bond donors (Lipinski definition) is 0. The van der Waals surface area contributed by atoms with Crippen LogP contribution in [0.2, 0.25) is 0 Å². The fourth-order valence-electron chi connectivity index (χ4n) is 21.5. The van der Waals surface area contributed by atoms with Crippen LogP contribution in [0.3, 0.4) is 0 Å². The second-order valence-electron chi connectivity index (χ2n) is 36.9. The number of fused-ring (bicyclic) bond motifs is 24. The van der Waals surface area contributed by atoms with E-state index in [-0.39, 0.29) is 16.2 Å². The predicted molar refractivity (Wildman–Crippen MR) is 546 cm³/mol. The lowest BCUT2D eigenvalue weighted by atomic mass is 9.82. The molecule has 0 unspecified atom stereocenters. The summed E-state index contributed by atoms with van der Waals surface area (Å²) in [6, 6.07) is 144. The Labute approximate surface area is 764 Å². The highest BCUT2D eigenvalue weighted by Gasteiger charge is 2.38. The molecule has 0 saturated heterocycles. The Morgan fingerprint density at radius 3 is 0.720 bits per heavy atom. The molecule has 15 aromatic carbocycles. The molecule has 9 heterocycles. The van der Waals surface area contributed by atoms with E-state index in [1.165, 1.54) is 134 Å². The first-order chi connectivity index (χ1) is 64.7. The van der Waals surface area contributed by atoms with E-state index in [1.807, 2.05) is 73.2 Å². The molecule has 3 aliphatic rings. The number of hydrogen-bond acceptors (Lipinski definition) is 6. The van der Waals surface area contributed by atoms with Crippen molar-refractivity contribution in [3.63, 3.8) is 0 Å². The van der Waals surface area contributed by atoms with Gasteiger partial charge in [-0.15, -0.1) is 0 Å². The molecular formula is C123H87N9. The zero-order valence-corrected chi connectivity index (χ0v) is 73.9. The molecule has 0 fully saturated rings. The molecule has 3 aliphatic carbocycles. The summed E-state index contributed by atoms with van der Waals surface area (Å²) in [5.41, 5.74) is 45.4. The van der Waals surface area contributed by atoms with Crippen LogP contribution in [0, 0.1) is 0 Å². The van der Waals surface area contributed by atoms with E-state index >= 15 is 0 Å². The molecule has 0 aliphatic heterocycles. The van der Waals surface area contributed by atoms with Crippen molar-refractivity contribution in [2.45, 2.75) is 57.8 Å². The molecule has 9 aromatic heterocycles. The molecule has 132 heavy (non-hydrogen) atoms. The third-order valence-electron chi connectivity index (χ3n) is 28.3. The van der Waals surface area contributed by atoms with Crippen LogP contribution in [0.4, 0.5) is 0 Å². The van der Waals surface area contributed by atoms with Gasteiger partial charge in [-0.05, 0) is 212 Å². The molecule has 0 amide bonds. The Kier molecular flexibility index (Phi) is 17.8. The van der Waals surface area contributed by atoms with Gasteiger partial charge >= 0.3 is 0 Å². The maximum absolute atomic E-state index is 5.23. The first-order valence-electron chi connectivity index (χ1n) is 45.5. The highest BCUT2D eigenvalue weighted by molar-refractivity contribution is 6.12. The maximum Gasteiger partial charge on any atom is 0.165 e. The van der Waals surface area contributed by atoms with Crippen molar-refractivity contribution in [1.29, 1.82) is 0 Å². The van der Waals surface area contributed by atoms with Crippen molar-refractivity contribution in [3.8, 4) is 134 Å². The van der Waals surface area contributed by atoms with Gasteiger partial charge in [0, 0.05) is 83.8 Å². The van der Waals surface area contributed by atoms with E-state index in [0.717, 1.165) is 117 Å².